The number of halogens is 1. The molecule has 2 rings (SSSR count). The van der Waals surface area contributed by atoms with Crippen LogP contribution >= 0.6 is 28.1 Å². The van der Waals surface area contributed by atoms with Gasteiger partial charge in [0.1, 0.15) is 11.5 Å². The van der Waals surface area contributed by atoms with Gasteiger partial charge in [-0.2, -0.15) is 5.10 Å². The van der Waals surface area contributed by atoms with Gasteiger partial charge in [-0.05, 0) is 83.1 Å². The molecular formula is C17H18BrN3O2S. The molecule has 0 atom stereocenters. The van der Waals surface area contributed by atoms with Gasteiger partial charge >= 0.3 is 0 Å². The molecule has 2 aromatic rings. The van der Waals surface area contributed by atoms with Crippen LogP contribution in [0.25, 0.3) is 0 Å². The van der Waals surface area contributed by atoms with Crippen molar-refractivity contribution in [2.75, 3.05) is 19.5 Å². The lowest BCUT2D eigenvalue weighted by molar-refractivity contribution is 0.412. The van der Waals surface area contributed by atoms with Crippen molar-refractivity contribution < 1.29 is 9.47 Å². The number of hydrogen-bond acceptors (Lipinski definition) is 4. The Morgan fingerprint density at radius 1 is 1.08 bits per heavy atom. The summed E-state index contributed by atoms with van der Waals surface area (Å²) in [7, 11) is 3.26. The van der Waals surface area contributed by atoms with Crippen molar-refractivity contribution in [1.29, 1.82) is 0 Å². The summed E-state index contributed by atoms with van der Waals surface area (Å²) < 4.78 is 11.2. The Balaban J connectivity index is 1.98. The Morgan fingerprint density at radius 3 is 2.38 bits per heavy atom. The Morgan fingerprint density at radius 2 is 1.79 bits per heavy atom. The summed E-state index contributed by atoms with van der Waals surface area (Å²) >= 11 is 8.70. The summed E-state index contributed by atoms with van der Waals surface area (Å²) in [6.07, 6.45) is 0. The summed E-state index contributed by atoms with van der Waals surface area (Å²) in [5.41, 5.74) is 5.46. The van der Waals surface area contributed by atoms with Crippen LogP contribution in [0.1, 0.15) is 12.5 Å². The summed E-state index contributed by atoms with van der Waals surface area (Å²) in [5, 5.41) is 7.76. The van der Waals surface area contributed by atoms with Crippen LogP contribution in [0, 0.1) is 0 Å². The lowest BCUT2D eigenvalue weighted by atomic mass is 10.1. The van der Waals surface area contributed by atoms with Crippen molar-refractivity contribution in [1.82, 2.24) is 5.43 Å². The first kappa shape index (κ1) is 18.2. The minimum atomic E-state index is 0.409. The van der Waals surface area contributed by atoms with Crippen LogP contribution in [0.15, 0.2) is 52.0 Å². The fourth-order valence-corrected chi connectivity index (χ4v) is 2.63. The molecule has 0 aliphatic carbocycles. The Labute approximate surface area is 155 Å². The molecule has 0 radical (unpaired) electrons. The van der Waals surface area contributed by atoms with Crippen LogP contribution in [-0.2, 0) is 0 Å². The molecule has 0 aromatic heterocycles. The summed E-state index contributed by atoms with van der Waals surface area (Å²) in [6, 6.07) is 13.2. The van der Waals surface area contributed by atoms with E-state index in [2.05, 4.69) is 31.8 Å². The molecule has 0 aliphatic heterocycles. The molecule has 0 unspecified atom stereocenters. The predicted octanol–water partition coefficient (Wildman–Crippen LogP) is 4.18. The van der Waals surface area contributed by atoms with Crippen molar-refractivity contribution in [3.8, 4) is 11.5 Å². The lowest BCUT2D eigenvalue weighted by Crippen LogP contribution is -2.24. The molecular weight excluding hydrogens is 390 g/mol. The number of nitrogens with one attached hydrogen (secondary N) is 2. The van der Waals surface area contributed by atoms with Gasteiger partial charge in [0.15, 0.2) is 5.11 Å². The zero-order chi connectivity index (χ0) is 17.5. The highest BCUT2D eigenvalue weighted by Crippen LogP contribution is 2.25. The van der Waals surface area contributed by atoms with Crippen molar-refractivity contribution >= 4 is 44.7 Å². The second kappa shape index (κ2) is 8.65. The lowest BCUT2D eigenvalue weighted by Gasteiger charge is -2.09. The number of rotatable bonds is 5. The minimum Gasteiger partial charge on any atom is -0.497 e. The fourth-order valence-electron chi connectivity index (χ4n) is 1.92. The number of nitrogens with zero attached hydrogens (tertiary/aromatic N) is 1. The zero-order valence-corrected chi connectivity index (χ0v) is 16.0. The molecule has 0 aliphatic rings. The van der Waals surface area contributed by atoms with Crippen LogP contribution in [-0.4, -0.2) is 25.0 Å². The second-order valence-corrected chi connectivity index (χ2v) is 6.10. The van der Waals surface area contributed by atoms with Crippen molar-refractivity contribution in [2.24, 2.45) is 5.10 Å². The molecule has 0 bridgehead atoms. The normalized spacial score (nSPS) is 10.9. The highest BCUT2D eigenvalue weighted by Gasteiger charge is 2.04. The molecule has 0 spiro atoms. The SMILES string of the molecule is COc1ccc(NC(=S)N/N=C(/C)c2ccc(OC)c(Br)c2)cc1. The molecule has 24 heavy (non-hydrogen) atoms. The summed E-state index contributed by atoms with van der Waals surface area (Å²) in [6.45, 7) is 1.90. The van der Waals surface area contributed by atoms with Crippen LogP contribution in [0.4, 0.5) is 5.69 Å². The number of benzene rings is 2. The first-order valence-corrected chi connectivity index (χ1v) is 8.33. The third kappa shape index (κ3) is 4.94. The first-order valence-electron chi connectivity index (χ1n) is 7.12. The average Bonchev–Trinajstić information content (AvgIpc) is 2.60. The van der Waals surface area contributed by atoms with E-state index in [1.54, 1.807) is 14.2 Å². The van der Waals surface area contributed by atoms with Crippen LogP contribution in [0.2, 0.25) is 0 Å². The smallest absolute Gasteiger partial charge is 0.191 e. The third-order valence-electron chi connectivity index (χ3n) is 3.24. The molecule has 0 saturated heterocycles. The first-order chi connectivity index (χ1) is 11.5. The molecule has 0 heterocycles. The number of methoxy groups -OCH3 is 2. The van der Waals surface area contributed by atoms with Crippen molar-refractivity contribution in [2.45, 2.75) is 6.92 Å². The highest BCUT2D eigenvalue weighted by atomic mass is 79.9. The van der Waals surface area contributed by atoms with Crippen molar-refractivity contribution in [3.63, 3.8) is 0 Å². The number of hydrogen-bond donors (Lipinski definition) is 2. The number of thiocarbonyl (C=S) groups is 1. The van der Waals surface area contributed by atoms with E-state index in [1.165, 1.54) is 0 Å². The van der Waals surface area contributed by atoms with Crippen LogP contribution in [0.5, 0.6) is 11.5 Å². The van der Waals surface area contributed by atoms with Gasteiger partial charge in [0, 0.05) is 5.69 Å². The maximum Gasteiger partial charge on any atom is 0.191 e. The molecule has 126 valence electrons. The average molecular weight is 408 g/mol. The Kier molecular flexibility index (Phi) is 6.57. The third-order valence-corrected chi connectivity index (χ3v) is 4.06. The van der Waals surface area contributed by atoms with Gasteiger partial charge in [0.25, 0.3) is 0 Å². The Hall–Kier alpha value is -2.12. The number of ether oxygens (including phenoxy) is 2. The van der Waals surface area contributed by atoms with Gasteiger partial charge in [-0.15, -0.1) is 0 Å². The van der Waals surface area contributed by atoms with E-state index in [1.807, 2.05) is 49.4 Å². The van der Waals surface area contributed by atoms with Crippen molar-refractivity contribution in [3.05, 3.63) is 52.5 Å². The quantitative estimate of drug-likeness (QED) is 0.442. The molecule has 0 saturated carbocycles. The van der Waals surface area contributed by atoms with E-state index in [0.29, 0.717) is 5.11 Å². The zero-order valence-electron chi connectivity index (χ0n) is 13.6. The summed E-state index contributed by atoms with van der Waals surface area (Å²) in [4.78, 5) is 0. The van der Waals surface area contributed by atoms with E-state index >= 15 is 0 Å². The summed E-state index contributed by atoms with van der Waals surface area (Å²) in [5.74, 6) is 1.56. The van der Waals surface area contributed by atoms with Gasteiger partial charge in [0.2, 0.25) is 0 Å². The molecule has 5 nitrogen and oxygen atoms in total. The van der Waals surface area contributed by atoms with Gasteiger partial charge < -0.3 is 14.8 Å². The van der Waals surface area contributed by atoms with E-state index in [0.717, 1.165) is 32.9 Å². The maximum atomic E-state index is 5.24. The fraction of sp³-hybridized carbons (Fsp3) is 0.176. The molecule has 7 heteroatoms. The Bertz CT molecular complexity index is 748. The topological polar surface area (TPSA) is 54.9 Å². The number of anilines is 1. The molecule has 0 fully saturated rings. The molecule has 0 amide bonds. The molecule has 2 N–H and O–H groups in total. The van der Waals surface area contributed by atoms with E-state index in [4.69, 9.17) is 21.7 Å². The largest absolute Gasteiger partial charge is 0.497 e. The van der Waals surface area contributed by atoms with Gasteiger partial charge in [-0.25, -0.2) is 0 Å². The second-order valence-electron chi connectivity index (χ2n) is 4.84. The van der Waals surface area contributed by atoms with E-state index in [9.17, 15) is 0 Å². The number of hydrazone groups is 1. The predicted molar refractivity (Wildman–Crippen MR) is 105 cm³/mol. The van der Waals surface area contributed by atoms with Gasteiger partial charge in [-0.3, -0.25) is 5.43 Å². The van der Waals surface area contributed by atoms with Crippen LogP contribution in [0.3, 0.4) is 0 Å². The minimum absolute atomic E-state index is 0.409. The van der Waals surface area contributed by atoms with E-state index in [-0.39, 0.29) is 0 Å². The highest BCUT2D eigenvalue weighted by molar-refractivity contribution is 9.10. The molecule has 2 aromatic carbocycles. The maximum absolute atomic E-state index is 5.24. The standard InChI is InChI=1S/C17H18BrN3O2S/c1-11(12-4-9-16(23-3)15(18)10-12)20-21-17(24)19-13-5-7-14(22-2)8-6-13/h4-10H,1-3H3,(H2,19,21,24)/b20-11-. The van der Waals surface area contributed by atoms with Gasteiger partial charge in [0.05, 0.1) is 24.4 Å². The van der Waals surface area contributed by atoms with Crippen LogP contribution < -0.4 is 20.2 Å². The monoisotopic (exact) mass is 407 g/mol. The van der Waals surface area contributed by atoms with E-state index < -0.39 is 0 Å². The van der Waals surface area contributed by atoms with Gasteiger partial charge in [-0.1, -0.05) is 0 Å².